The number of nitrogens with zero attached hydrogens (tertiary/aromatic N) is 1. The Hall–Kier alpha value is -1.69. The Morgan fingerprint density at radius 2 is 1.83 bits per heavy atom. The first-order chi connectivity index (χ1) is 10.8. The van der Waals surface area contributed by atoms with Gasteiger partial charge in [-0.3, -0.25) is 4.98 Å². The fraction of sp³-hybridized carbons (Fsp3) is 0.389. The Bertz CT molecular complexity index is 739. The number of aliphatic hydroxyl groups excluding tert-OH is 1. The smallest absolute Gasteiger partial charge is 0.400 e. The molecule has 120 valence electrons. The number of para-hydroxylation sites is 1. The van der Waals surface area contributed by atoms with Gasteiger partial charge >= 0.3 is 7.12 Å². The Kier molecular flexibility index (Phi) is 4.04. The third-order valence-corrected chi connectivity index (χ3v) is 4.70. The van der Waals surface area contributed by atoms with Crippen LogP contribution in [0.15, 0.2) is 42.0 Å². The van der Waals surface area contributed by atoms with Crippen molar-refractivity contribution in [2.24, 2.45) is 0 Å². The molecule has 2 heterocycles. The third-order valence-electron chi connectivity index (χ3n) is 4.70. The molecule has 1 aromatic heterocycles. The summed E-state index contributed by atoms with van der Waals surface area (Å²) in [6.45, 7) is 7.88. The minimum Gasteiger partial charge on any atom is -0.400 e. The SMILES string of the molecule is CC1(C)OB(C(=Cc2cnc3ccccc3c2)CO)OC1(C)C. The minimum absolute atomic E-state index is 0.121. The lowest BCUT2D eigenvalue weighted by Gasteiger charge is -2.32. The van der Waals surface area contributed by atoms with Crippen molar-refractivity contribution in [2.75, 3.05) is 6.61 Å². The zero-order valence-electron chi connectivity index (χ0n) is 14.0. The molecule has 23 heavy (non-hydrogen) atoms. The zero-order valence-corrected chi connectivity index (χ0v) is 14.0. The molecule has 5 heteroatoms. The molecule has 0 unspecified atom stereocenters. The van der Waals surface area contributed by atoms with Crippen LogP contribution in [-0.4, -0.2) is 35.0 Å². The Labute approximate surface area is 137 Å². The van der Waals surface area contributed by atoms with Crippen molar-refractivity contribution in [3.8, 4) is 0 Å². The Morgan fingerprint density at radius 1 is 1.17 bits per heavy atom. The van der Waals surface area contributed by atoms with Gasteiger partial charge in [-0.15, -0.1) is 0 Å². The highest BCUT2D eigenvalue weighted by atomic mass is 16.7. The van der Waals surface area contributed by atoms with Gasteiger partial charge in [0.25, 0.3) is 0 Å². The fourth-order valence-electron chi connectivity index (χ4n) is 2.56. The van der Waals surface area contributed by atoms with Gasteiger partial charge in [0.15, 0.2) is 0 Å². The topological polar surface area (TPSA) is 51.6 Å². The number of pyridine rings is 1. The maximum atomic E-state index is 9.75. The maximum Gasteiger partial charge on any atom is 0.492 e. The van der Waals surface area contributed by atoms with E-state index in [1.54, 1.807) is 6.20 Å². The Morgan fingerprint density at radius 3 is 2.48 bits per heavy atom. The summed E-state index contributed by atoms with van der Waals surface area (Å²) in [4.78, 5) is 4.44. The van der Waals surface area contributed by atoms with Gasteiger partial charge in [0.2, 0.25) is 0 Å². The van der Waals surface area contributed by atoms with Crippen LogP contribution >= 0.6 is 0 Å². The molecular formula is C18H22BNO3. The van der Waals surface area contributed by atoms with Crippen molar-refractivity contribution in [3.63, 3.8) is 0 Å². The molecule has 0 radical (unpaired) electrons. The van der Waals surface area contributed by atoms with Gasteiger partial charge in [-0.2, -0.15) is 0 Å². The van der Waals surface area contributed by atoms with Crippen molar-refractivity contribution in [1.82, 2.24) is 4.98 Å². The van der Waals surface area contributed by atoms with E-state index in [-0.39, 0.29) is 6.61 Å². The predicted molar refractivity (Wildman–Crippen MR) is 92.9 cm³/mol. The molecule has 1 aromatic carbocycles. The van der Waals surface area contributed by atoms with Crippen molar-refractivity contribution in [1.29, 1.82) is 0 Å². The summed E-state index contributed by atoms with van der Waals surface area (Å²) >= 11 is 0. The number of fused-ring (bicyclic) bond motifs is 1. The monoisotopic (exact) mass is 311 g/mol. The molecule has 1 aliphatic rings. The summed E-state index contributed by atoms with van der Waals surface area (Å²) in [6, 6.07) is 9.99. The molecule has 0 amide bonds. The Balaban J connectivity index is 1.92. The molecule has 2 aromatic rings. The normalized spacial score (nSPS) is 20.2. The molecule has 1 N–H and O–H groups in total. The van der Waals surface area contributed by atoms with Crippen molar-refractivity contribution in [3.05, 3.63) is 47.6 Å². The molecule has 3 rings (SSSR count). The quantitative estimate of drug-likeness (QED) is 0.884. The lowest BCUT2D eigenvalue weighted by Crippen LogP contribution is -2.41. The van der Waals surface area contributed by atoms with Crippen molar-refractivity contribution in [2.45, 2.75) is 38.9 Å². The number of aromatic nitrogens is 1. The first-order valence-corrected chi connectivity index (χ1v) is 7.84. The number of hydrogen-bond acceptors (Lipinski definition) is 4. The summed E-state index contributed by atoms with van der Waals surface area (Å²) in [5.74, 6) is 0. The number of rotatable bonds is 3. The molecule has 0 atom stereocenters. The van der Waals surface area contributed by atoms with Gasteiger partial charge in [-0.25, -0.2) is 0 Å². The van der Waals surface area contributed by atoms with Gasteiger partial charge in [0.05, 0.1) is 23.3 Å². The van der Waals surface area contributed by atoms with E-state index in [9.17, 15) is 5.11 Å². The highest BCUT2D eigenvalue weighted by Gasteiger charge is 2.52. The second-order valence-corrected chi connectivity index (χ2v) is 6.93. The van der Waals surface area contributed by atoms with Gasteiger partial charge < -0.3 is 14.4 Å². The summed E-state index contributed by atoms with van der Waals surface area (Å²) in [5.41, 5.74) is 1.72. The first-order valence-electron chi connectivity index (χ1n) is 7.84. The van der Waals surface area contributed by atoms with Gasteiger partial charge in [-0.05, 0) is 50.9 Å². The van der Waals surface area contributed by atoms with E-state index in [0.717, 1.165) is 16.5 Å². The average molecular weight is 311 g/mol. The predicted octanol–water partition coefficient (Wildman–Crippen LogP) is 3.24. The summed E-state index contributed by atoms with van der Waals surface area (Å²) in [6.07, 6.45) is 3.69. The van der Waals surface area contributed by atoms with E-state index >= 15 is 0 Å². The molecule has 0 spiro atoms. The second-order valence-electron chi connectivity index (χ2n) is 6.93. The van der Waals surface area contributed by atoms with Crippen molar-refractivity contribution >= 4 is 24.1 Å². The number of benzene rings is 1. The summed E-state index contributed by atoms with van der Waals surface area (Å²) < 4.78 is 12.0. The van der Waals surface area contributed by atoms with E-state index in [1.807, 2.05) is 64.1 Å². The summed E-state index contributed by atoms with van der Waals surface area (Å²) in [7, 11) is -0.545. The van der Waals surface area contributed by atoms with E-state index in [2.05, 4.69) is 4.98 Å². The zero-order chi connectivity index (χ0) is 16.7. The first kappa shape index (κ1) is 16.2. The molecule has 1 fully saturated rings. The molecule has 1 saturated heterocycles. The molecule has 1 aliphatic heterocycles. The fourth-order valence-corrected chi connectivity index (χ4v) is 2.56. The van der Waals surface area contributed by atoms with E-state index in [0.29, 0.717) is 5.47 Å². The van der Waals surface area contributed by atoms with Crippen LogP contribution in [0.5, 0.6) is 0 Å². The molecular weight excluding hydrogens is 289 g/mol. The van der Waals surface area contributed by atoms with E-state index in [4.69, 9.17) is 9.31 Å². The van der Waals surface area contributed by atoms with Crippen LogP contribution < -0.4 is 0 Å². The van der Waals surface area contributed by atoms with Crippen LogP contribution in [0.3, 0.4) is 0 Å². The van der Waals surface area contributed by atoms with Crippen LogP contribution in [0, 0.1) is 0 Å². The summed E-state index contributed by atoms with van der Waals surface area (Å²) in [5, 5.41) is 10.8. The number of hydrogen-bond donors (Lipinski definition) is 1. The van der Waals surface area contributed by atoms with Crippen LogP contribution in [0.4, 0.5) is 0 Å². The second kappa shape index (κ2) is 5.75. The van der Waals surface area contributed by atoms with Gasteiger partial charge in [0.1, 0.15) is 0 Å². The molecule has 4 nitrogen and oxygen atoms in total. The third kappa shape index (κ3) is 3.04. The molecule has 0 saturated carbocycles. The molecule has 0 bridgehead atoms. The van der Waals surface area contributed by atoms with Gasteiger partial charge in [0, 0.05) is 11.6 Å². The van der Waals surface area contributed by atoms with Crippen LogP contribution in [0.1, 0.15) is 33.3 Å². The van der Waals surface area contributed by atoms with Crippen LogP contribution in [-0.2, 0) is 9.31 Å². The number of aliphatic hydroxyl groups is 1. The van der Waals surface area contributed by atoms with Crippen LogP contribution in [0.2, 0.25) is 0 Å². The average Bonchev–Trinajstić information content (AvgIpc) is 2.72. The molecule has 0 aliphatic carbocycles. The largest absolute Gasteiger partial charge is 0.492 e. The lowest BCUT2D eigenvalue weighted by atomic mass is 9.77. The lowest BCUT2D eigenvalue weighted by molar-refractivity contribution is 0.00578. The minimum atomic E-state index is -0.545. The van der Waals surface area contributed by atoms with E-state index < -0.39 is 18.3 Å². The highest BCUT2D eigenvalue weighted by Crippen LogP contribution is 2.38. The standard InChI is InChI=1S/C18H22BNO3/c1-17(2)18(3,4)23-19(22-17)15(12-21)10-13-9-14-7-5-6-8-16(14)20-11-13/h5-11,21H,12H2,1-4H3. The van der Waals surface area contributed by atoms with Crippen LogP contribution in [0.25, 0.3) is 17.0 Å². The highest BCUT2D eigenvalue weighted by molar-refractivity contribution is 6.55. The van der Waals surface area contributed by atoms with Crippen molar-refractivity contribution < 1.29 is 14.4 Å². The van der Waals surface area contributed by atoms with E-state index in [1.165, 1.54) is 0 Å². The maximum absolute atomic E-state index is 9.75. The van der Waals surface area contributed by atoms with Gasteiger partial charge in [-0.1, -0.05) is 24.3 Å².